The molecule has 0 aliphatic heterocycles. The molecule has 0 heterocycles. The van der Waals surface area contributed by atoms with E-state index in [-0.39, 0.29) is 0 Å². The van der Waals surface area contributed by atoms with Gasteiger partial charge in [0.25, 0.3) is 0 Å². The van der Waals surface area contributed by atoms with E-state index in [0.717, 1.165) is 11.1 Å². The molecule has 0 saturated carbocycles. The molecular formula is C24H18ClNO4. The van der Waals surface area contributed by atoms with Crippen LogP contribution in [0.5, 0.6) is 17.2 Å². The van der Waals surface area contributed by atoms with Crippen molar-refractivity contribution in [2.45, 2.75) is 0 Å². The van der Waals surface area contributed by atoms with Gasteiger partial charge in [-0.1, -0.05) is 35.9 Å². The summed E-state index contributed by atoms with van der Waals surface area (Å²) in [4.78, 5) is 12.4. The van der Waals surface area contributed by atoms with Gasteiger partial charge in [-0.2, -0.15) is 5.26 Å². The van der Waals surface area contributed by atoms with Crippen LogP contribution in [-0.2, 0) is 0 Å². The van der Waals surface area contributed by atoms with Crippen molar-refractivity contribution >= 4 is 29.2 Å². The van der Waals surface area contributed by atoms with Crippen molar-refractivity contribution in [1.82, 2.24) is 0 Å². The van der Waals surface area contributed by atoms with Gasteiger partial charge in [-0.3, -0.25) is 0 Å². The van der Waals surface area contributed by atoms with E-state index in [2.05, 4.69) is 6.07 Å². The Morgan fingerprint density at radius 2 is 1.67 bits per heavy atom. The minimum Gasteiger partial charge on any atom is -0.493 e. The maximum absolute atomic E-state index is 12.4. The second-order valence-corrected chi connectivity index (χ2v) is 6.64. The van der Waals surface area contributed by atoms with E-state index in [4.69, 9.17) is 25.8 Å². The Labute approximate surface area is 179 Å². The normalized spacial score (nSPS) is 10.8. The fourth-order valence-corrected chi connectivity index (χ4v) is 2.95. The average molecular weight is 420 g/mol. The number of benzene rings is 3. The van der Waals surface area contributed by atoms with Crippen molar-refractivity contribution < 1.29 is 19.0 Å². The van der Waals surface area contributed by atoms with E-state index in [1.165, 1.54) is 14.2 Å². The van der Waals surface area contributed by atoms with Crippen LogP contribution >= 0.6 is 11.6 Å². The number of allylic oxidation sites excluding steroid dienone is 1. The number of carbonyl (C=O) groups is 1. The molecule has 0 amide bonds. The van der Waals surface area contributed by atoms with Gasteiger partial charge in [0.05, 0.1) is 31.4 Å². The number of hydrogen-bond acceptors (Lipinski definition) is 5. The Kier molecular flexibility index (Phi) is 6.74. The van der Waals surface area contributed by atoms with Crippen LogP contribution in [0.2, 0.25) is 5.02 Å². The smallest absolute Gasteiger partial charge is 0.343 e. The molecule has 0 spiro atoms. The first-order valence-corrected chi connectivity index (χ1v) is 9.34. The molecule has 0 aliphatic carbocycles. The molecular weight excluding hydrogens is 402 g/mol. The topological polar surface area (TPSA) is 68.5 Å². The van der Waals surface area contributed by atoms with Crippen LogP contribution in [0.1, 0.15) is 21.5 Å². The van der Waals surface area contributed by atoms with Crippen molar-refractivity contribution in [1.29, 1.82) is 5.26 Å². The summed E-state index contributed by atoms with van der Waals surface area (Å²) in [5, 5.41) is 10.0. The first-order chi connectivity index (χ1) is 14.5. The molecule has 5 nitrogen and oxygen atoms in total. The van der Waals surface area contributed by atoms with Crippen LogP contribution in [0.4, 0.5) is 0 Å². The van der Waals surface area contributed by atoms with Crippen molar-refractivity contribution in [3.63, 3.8) is 0 Å². The number of carbonyl (C=O) groups excluding carboxylic acids is 1. The number of ether oxygens (including phenoxy) is 3. The van der Waals surface area contributed by atoms with Gasteiger partial charge in [-0.15, -0.1) is 0 Å². The molecule has 3 aromatic rings. The molecule has 0 aromatic heterocycles. The third-order valence-electron chi connectivity index (χ3n) is 4.28. The van der Waals surface area contributed by atoms with Gasteiger partial charge in [-0.25, -0.2) is 4.79 Å². The molecule has 0 N–H and O–H groups in total. The van der Waals surface area contributed by atoms with Gasteiger partial charge in [0.1, 0.15) is 5.75 Å². The van der Waals surface area contributed by atoms with E-state index in [1.54, 1.807) is 66.7 Å². The zero-order valence-corrected chi connectivity index (χ0v) is 17.1. The highest BCUT2D eigenvalue weighted by atomic mass is 35.5. The number of methoxy groups -OCH3 is 2. The Morgan fingerprint density at radius 1 is 0.933 bits per heavy atom. The Hall–Kier alpha value is -3.75. The highest BCUT2D eigenvalue weighted by molar-refractivity contribution is 6.30. The number of esters is 1. The van der Waals surface area contributed by atoms with Crippen LogP contribution in [0, 0.1) is 11.3 Å². The Morgan fingerprint density at radius 3 is 2.30 bits per heavy atom. The average Bonchev–Trinajstić information content (AvgIpc) is 2.78. The third-order valence-corrected chi connectivity index (χ3v) is 4.51. The van der Waals surface area contributed by atoms with E-state index in [0.29, 0.717) is 33.4 Å². The summed E-state index contributed by atoms with van der Waals surface area (Å²) < 4.78 is 15.8. The first kappa shape index (κ1) is 21.0. The minimum atomic E-state index is -0.518. The van der Waals surface area contributed by atoms with Gasteiger partial charge in [0, 0.05) is 5.02 Å². The number of nitrogens with zero attached hydrogens (tertiary/aromatic N) is 1. The molecule has 3 rings (SSSR count). The summed E-state index contributed by atoms with van der Waals surface area (Å²) in [6, 6.07) is 20.9. The molecule has 0 atom stereocenters. The van der Waals surface area contributed by atoms with Crippen LogP contribution in [-0.4, -0.2) is 20.2 Å². The highest BCUT2D eigenvalue weighted by Crippen LogP contribution is 2.28. The van der Waals surface area contributed by atoms with Crippen molar-refractivity contribution in [3.05, 3.63) is 88.4 Å². The summed E-state index contributed by atoms with van der Waals surface area (Å²) >= 11 is 6.00. The predicted molar refractivity (Wildman–Crippen MR) is 116 cm³/mol. The molecule has 3 aromatic carbocycles. The van der Waals surface area contributed by atoms with E-state index >= 15 is 0 Å². The Bertz CT molecular complexity index is 1130. The first-order valence-electron chi connectivity index (χ1n) is 8.96. The fourth-order valence-electron chi connectivity index (χ4n) is 2.76. The van der Waals surface area contributed by atoms with Crippen molar-refractivity contribution in [2.75, 3.05) is 14.2 Å². The predicted octanol–water partition coefficient (Wildman–Crippen LogP) is 5.64. The lowest BCUT2D eigenvalue weighted by Crippen LogP contribution is -2.08. The maximum Gasteiger partial charge on any atom is 0.343 e. The molecule has 0 bridgehead atoms. The molecule has 0 unspecified atom stereocenters. The zero-order valence-electron chi connectivity index (χ0n) is 16.4. The minimum absolute atomic E-state index is 0.337. The Balaban J connectivity index is 1.76. The van der Waals surface area contributed by atoms with Crippen molar-refractivity contribution in [2.24, 2.45) is 0 Å². The van der Waals surface area contributed by atoms with Gasteiger partial charge in [0.15, 0.2) is 11.5 Å². The SMILES string of the molecule is COc1ccc(C(=O)Oc2ccc(/C=C(/C#N)c3cccc(Cl)c3)cc2)cc1OC. The van der Waals surface area contributed by atoms with Crippen LogP contribution in [0.3, 0.4) is 0 Å². The van der Waals surface area contributed by atoms with Crippen LogP contribution in [0.15, 0.2) is 66.7 Å². The zero-order chi connectivity index (χ0) is 21.5. The molecule has 30 heavy (non-hydrogen) atoms. The summed E-state index contributed by atoms with van der Waals surface area (Å²) in [5.41, 5.74) is 2.34. The molecule has 0 saturated heterocycles. The quantitative estimate of drug-likeness (QED) is 0.224. The van der Waals surface area contributed by atoms with E-state index in [1.807, 2.05) is 6.07 Å². The summed E-state index contributed by atoms with van der Waals surface area (Å²) in [5.74, 6) is 0.833. The van der Waals surface area contributed by atoms with E-state index in [9.17, 15) is 10.1 Å². The van der Waals surface area contributed by atoms with Gasteiger partial charge < -0.3 is 14.2 Å². The van der Waals surface area contributed by atoms with Gasteiger partial charge >= 0.3 is 5.97 Å². The largest absolute Gasteiger partial charge is 0.493 e. The standard InChI is InChI=1S/C24H18ClNO4/c1-28-22-11-8-18(14-23(22)29-2)24(27)30-21-9-6-16(7-10-21)12-19(15-26)17-4-3-5-20(25)13-17/h3-14H,1-2H3/b19-12-. The summed E-state index contributed by atoms with van der Waals surface area (Å²) in [7, 11) is 3.02. The molecule has 0 aliphatic rings. The van der Waals surface area contributed by atoms with Crippen molar-refractivity contribution in [3.8, 4) is 23.3 Å². The maximum atomic E-state index is 12.4. The fraction of sp³-hybridized carbons (Fsp3) is 0.0833. The highest BCUT2D eigenvalue weighted by Gasteiger charge is 2.13. The number of halogens is 1. The van der Waals surface area contributed by atoms with Gasteiger partial charge in [0.2, 0.25) is 0 Å². The number of hydrogen-bond donors (Lipinski definition) is 0. The molecule has 0 fully saturated rings. The number of nitriles is 1. The molecule has 150 valence electrons. The third kappa shape index (κ3) is 4.99. The van der Waals surface area contributed by atoms with E-state index < -0.39 is 5.97 Å². The second-order valence-electron chi connectivity index (χ2n) is 6.21. The lowest BCUT2D eigenvalue weighted by atomic mass is 10.0. The lowest BCUT2D eigenvalue weighted by molar-refractivity contribution is 0.0734. The van der Waals surface area contributed by atoms with Crippen LogP contribution < -0.4 is 14.2 Å². The second kappa shape index (κ2) is 9.64. The summed E-state index contributed by atoms with van der Waals surface area (Å²) in [6.07, 6.45) is 1.74. The molecule has 6 heteroatoms. The number of rotatable bonds is 6. The summed E-state index contributed by atoms with van der Waals surface area (Å²) in [6.45, 7) is 0. The monoisotopic (exact) mass is 419 g/mol. The van der Waals surface area contributed by atoms with Crippen LogP contribution in [0.25, 0.3) is 11.6 Å². The molecule has 0 radical (unpaired) electrons. The lowest BCUT2D eigenvalue weighted by Gasteiger charge is -2.09. The van der Waals surface area contributed by atoms with Gasteiger partial charge in [-0.05, 0) is 59.7 Å².